The molecule has 0 unspecified atom stereocenters. The first-order chi connectivity index (χ1) is 3.33. The van der Waals surface area contributed by atoms with Crippen LogP contribution in [0.15, 0.2) is 0 Å². The molecule has 52 valence electrons. The van der Waals surface area contributed by atoms with Gasteiger partial charge in [0.25, 0.3) is 0 Å². The summed E-state index contributed by atoms with van der Waals surface area (Å²) in [4.78, 5) is 0. The van der Waals surface area contributed by atoms with Crippen molar-refractivity contribution in [2.24, 2.45) is 0 Å². The molecule has 0 aromatic heterocycles. The second kappa shape index (κ2) is 35.2. The Morgan fingerprint density at radius 3 is 1.11 bits per heavy atom. The molecule has 0 saturated heterocycles. The van der Waals surface area contributed by atoms with Gasteiger partial charge in [-0.1, -0.05) is 33.6 Å². The van der Waals surface area contributed by atoms with E-state index >= 15 is 0 Å². The Hall–Kier alpha value is 1.17. The standard InChI is InChI=1S/C4H10.C3H7.B.Y/c1-3-4-2;1-3-2;;/h3-4H2,1-2H3;1,3H2,2H3;;/q;-1;;. The van der Waals surface area contributed by atoms with E-state index in [2.05, 4.69) is 20.8 Å². The van der Waals surface area contributed by atoms with Crippen LogP contribution in [0.3, 0.4) is 0 Å². The zero-order chi connectivity index (χ0) is 6.12. The first-order valence-electron chi connectivity index (χ1n) is 3.12. The van der Waals surface area contributed by atoms with Crippen molar-refractivity contribution in [1.29, 1.82) is 0 Å². The second-order valence-corrected chi connectivity index (χ2v) is 1.50. The predicted molar refractivity (Wildman–Crippen MR) is 42.0 cm³/mol. The SMILES string of the molecule is CCCC.[B].[CH2-]CC.[Y]. The van der Waals surface area contributed by atoms with Gasteiger partial charge in [0.15, 0.2) is 0 Å². The average Bonchev–Trinajstić information content (AvgIpc) is 1.69. The van der Waals surface area contributed by atoms with Gasteiger partial charge in [-0.2, -0.15) is 6.42 Å². The molecule has 4 radical (unpaired) electrons. The molecule has 0 aliphatic rings. The predicted octanol–water partition coefficient (Wildman–Crippen LogP) is 2.65. The molecule has 2 heteroatoms. The van der Waals surface area contributed by atoms with E-state index in [9.17, 15) is 0 Å². The second-order valence-electron chi connectivity index (χ2n) is 1.50. The van der Waals surface area contributed by atoms with Gasteiger partial charge in [-0.3, -0.25) is 0 Å². The van der Waals surface area contributed by atoms with Crippen LogP contribution in [0, 0.1) is 6.92 Å². The van der Waals surface area contributed by atoms with Crippen molar-refractivity contribution in [1.82, 2.24) is 0 Å². The summed E-state index contributed by atoms with van der Waals surface area (Å²) in [6.45, 7) is 9.86. The Morgan fingerprint density at radius 2 is 1.11 bits per heavy atom. The molecule has 0 saturated carbocycles. The number of hydrogen-bond acceptors (Lipinski definition) is 0. The molecule has 0 nitrogen and oxygen atoms in total. The summed E-state index contributed by atoms with van der Waals surface area (Å²) in [5.41, 5.74) is 0. The number of rotatable bonds is 1. The van der Waals surface area contributed by atoms with Gasteiger partial charge in [0.05, 0.1) is 0 Å². The Bertz CT molecular complexity index is 16.4. The average molecular weight is 201 g/mol. The first-order valence-corrected chi connectivity index (χ1v) is 3.12. The van der Waals surface area contributed by atoms with Crippen LogP contribution in [0.5, 0.6) is 0 Å². The molecule has 0 rings (SSSR count). The van der Waals surface area contributed by atoms with Gasteiger partial charge in [0, 0.05) is 41.1 Å². The minimum Gasteiger partial charge on any atom is -0.344 e. The van der Waals surface area contributed by atoms with Gasteiger partial charge in [-0.15, -0.1) is 0 Å². The van der Waals surface area contributed by atoms with Crippen LogP contribution in [0.25, 0.3) is 0 Å². The maximum absolute atomic E-state index is 3.49. The van der Waals surface area contributed by atoms with E-state index in [1.807, 2.05) is 6.92 Å². The maximum Gasteiger partial charge on any atom is 0 e. The fourth-order valence-electron chi connectivity index (χ4n) is 0. The quantitative estimate of drug-likeness (QED) is 0.451. The largest absolute Gasteiger partial charge is 0.344 e. The van der Waals surface area contributed by atoms with Gasteiger partial charge in [-0.05, 0) is 0 Å². The van der Waals surface area contributed by atoms with Crippen LogP contribution in [-0.2, 0) is 32.7 Å². The molecular weight excluding hydrogens is 184 g/mol. The van der Waals surface area contributed by atoms with Crippen molar-refractivity contribution >= 4 is 8.41 Å². The van der Waals surface area contributed by atoms with E-state index in [1.165, 1.54) is 12.8 Å². The van der Waals surface area contributed by atoms with Crippen molar-refractivity contribution in [3.8, 4) is 0 Å². The van der Waals surface area contributed by atoms with E-state index in [0.29, 0.717) is 0 Å². The summed E-state index contributed by atoms with van der Waals surface area (Å²) < 4.78 is 0. The number of unbranched alkanes of at least 4 members (excludes halogenated alkanes) is 1. The molecule has 0 aromatic rings. The van der Waals surface area contributed by atoms with Crippen LogP contribution in [-0.4, -0.2) is 8.41 Å². The van der Waals surface area contributed by atoms with Crippen molar-refractivity contribution < 1.29 is 32.7 Å². The Kier molecular flexibility index (Phi) is 87.9. The summed E-state index contributed by atoms with van der Waals surface area (Å²) in [5.74, 6) is 0. The van der Waals surface area contributed by atoms with E-state index in [1.54, 1.807) is 0 Å². The minimum atomic E-state index is 0. The van der Waals surface area contributed by atoms with Crippen LogP contribution in [0.2, 0.25) is 0 Å². The fraction of sp³-hybridized carbons (Fsp3) is 0.857. The van der Waals surface area contributed by atoms with Gasteiger partial charge in [0.2, 0.25) is 0 Å². The molecule has 9 heavy (non-hydrogen) atoms. The summed E-state index contributed by atoms with van der Waals surface area (Å²) in [6.07, 6.45) is 3.64. The summed E-state index contributed by atoms with van der Waals surface area (Å²) in [5, 5.41) is 0. The van der Waals surface area contributed by atoms with Gasteiger partial charge in [-0.25, -0.2) is 0 Å². The fourth-order valence-corrected chi connectivity index (χ4v) is 0. The van der Waals surface area contributed by atoms with Gasteiger partial charge in [0.1, 0.15) is 0 Å². The molecule has 0 amide bonds. The molecule has 0 spiro atoms. The topological polar surface area (TPSA) is 0 Å². The summed E-state index contributed by atoms with van der Waals surface area (Å²) >= 11 is 0. The van der Waals surface area contributed by atoms with Crippen LogP contribution in [0.1, 0.15) is 40.0 Å². The van der Waals surface area contributed by atoms with E-state index in [4.69, 9.17) is 0 Å². The zero-order valence-corrected chi connectivity index (χ0v) is 9.82. The van der Waals surface area contributed by atoms with E-state index in [0.717, 1.165) is 6.42 Å². The molecular formula is C7H17BY-. The third-order valence-corrected chi connectivity index (χ3v) is 0.500. The third kappa shape index (κ3) is 100. The smallest absolute Gasteiger partial charge is 0 e. The van der Waals surface area contributed by atoms with E-state index in [-0.39, 0.29) is 41.1 Å². The molecule has 0 aliphatic carbocycles. The Labute approximate surface area is 87.6 Å². The number of hydrogen-bond donors (Lipinski definition) is 0. The summed E-state index contributed by atoms with van der Waals surface area (Å²) in [6, 6.07) is 0. The van der Waals surface area contributed by atoms with Crippen molar-refractivity contribution in [3.05, 3.63) is 6.92 Å². The Balaban J connectivity index is -0.0000000233. The van der Waals surface area contributed by atoms with Gasteiger partial charge >= 0.3 is 0 Å². The van der Waals surface area contributed by atoms with Crippen LogP contribution < -0.4 is 0 Å². The normalized spacial score (nSPS) is 5.33. The monoisotopic (exact) mass is 201 g/mol. The van der Waals surface area contributed by atoms with Crippen LogP contribution >= 0.6 is 0 Å². The molecule has 0 fully saturated rings. The zero-order valence-electron chi connectivity index (χ0n) is 6.98. The maximum atomic E-state index is 3.49. The van der Waals surface area contributed by atoms with Crippen molar-refractivity contribution in [2.45, 2.75) is 40.0 Å². The van der Waals surface area contributed by atoms with E-state index < -0.39 is 0 Å². The molecule has 0 atom stereocenters. The molecule has 0 aliphatic heterocycles. The van der Waals surface area contributed by atoms with Crippen molar-refractivity contribution in [2.75, 3.05) is 0 Å². The van der Waals surface area contributed by atoms with Gasteiger partial charge < -0.3 is 6.92 Å². The molecule has 0 heterocycles. The summed E-state index contributed by atoms with van der Waals surface area (Å²) in [7, 11) is 0. The molecule has 0 bridgehead atoms. The van der Waals surface area contributed by atoms with Crippen LogP contribution in [0.4, 0.5) is 0 Å². The third-order valence-electron chi connectivity index (χ3n) is 0.500. The first kappa shape index (κ1) is 22.5. The Morgan fingerprint density at radius 1 is 1.00 bits per heavy atom. The molecule has 0 N–H and O–H groups in total. The molecule has 0 aromatic carbocycles. The minimum absolute atomic E-state index is 0. The van der Waals surface area contributed by atoms with Crippen molar-refractivity contribution in [3.63, 3.8) is 0 Å².